The molecule has 0 aromatic heterocycles. The van der Waals surface area contributed by atoms with Crippen molar-refractivity contribution < 1.29 is 5.11 Å². The third kappa shape index (κ3) is 3.59. The molecular weight excluding hydrogens is 188 g/mol. The fourth-order valence-electron chi connectivity index (χ4n) is 2.14. The van der Waals surface area contributed by atoms with Crippen LogP contribution >= 0.6 is 0 Å². The molecule has 1 rings (SSSR count). The Labute approximate surface area is 93.2 Å². The monoisotopic (exact) mass is 212 g/mol. The van der Waals surface area contributed by atoms with Crippen molar-refractivity contribution >= 4 is 0 Å². The molecule has 1 unspecified atom stereocenters. The molecule has 1 fully saturated rings. The van der Waals surface area contributed by atoms with E-state index < -0.39 is 0 Å². The van der Waals surface area contributed by atoms with E-state index in [4.69, 9.17) is 5.11 Å². The highest BCUT2D eigenvalue weighted by molar-refractivity contribution is 4.92. The minimum absolute atomic E-state index is 0.228. The van der Waals surface area contributed by atoms with Gasteiger partial charge in [0.15, 0.2) is 0 Å². The highest BCUT2D eigenvalue weighted by Gasteiger charge is 2.30. The lowest BCUT2D eigenvalue weighted by molar-refractivity contribution is 0.130. The van der Waals surface area contributed by atoms with Crippen molar-refractivity contribution in [3.63, 3.8) is 0 Å². The Balaban J connectivity index is 2.63. The molecule has 2 N–H and O–H groups in total. The van der Waals surface area contributed by atoms with Crippen molar-refractivity contribution in [2.24, 2.45) is 0 Å². The molecule has 1 aliphatic heterocycles. The summed E-state index contributed by atoms with van der Waals surface area (Å²) in [6, 6.07) is 0.414. The Kier molecular flexibility index (Phi) is 4.77. The van der Waals surface area contributed by atoms with E-state index in [1.54, 1.807) is 0 Å². The van der Waals surface area contributed by atoms with E-state index in [1.807, 2.05) is 6.08 Å². The number of hydrogen-bond donors (Lipinski definition) is 2. The Morgan fingerprint density at radius 3 is 2.93 bits per heavy atom. The van der Waals surface area contributed by atoms with Gasteiger partial charge in [0.1, 0.15) is 0 Å². The molecule has 0 radical (unpaired) electrons. The number of aliphatic hydroxyl groups excluding tert-OH is 1. The van der Waals surface area contributed by atoms with E-state index in [2.05, 4.69) is 30.6 Å². The Morgan fingerprint density at radius 2 is 2.33 bits per heavy atom. The third-order valence-corrected chi connectivity index (χ3v) is 3.29. The average molecular weight is 212 g/mol. The molecule has 3 nitrogen and oxygen atoms in total. The second kappa shape index (κ2) is 5.64. The van der Waals surface area contributed by atoms with Gasteiger partial charge in [0.2, 0.25) is 0 Å². The molecular formula is C12H24N2O. The molecule has 0 aromatic carbocycles. The van der Waals surface area contributed by atoms with Crippen LogP contribution in [0.3, 0.4) is 0 Å². The number of hydrogen-bond acceptors (Lipinski definition) is 3. The zero-order valence-corrected chi connectivity index (χ0v) is 10.00. The van der Waals surface area contributed by atoms with Gasteiger partial charge in [-0.3, -0.25) is 4.90 Å². The molecule has 0 saturated carbocycles. The van der Waals surface area contributed by atoms with Crippen molar-refractivity contribution in [2.75, 3.05) is 26.2 Å². The van der Waals surface area contributed by atoms with Gasteiger partial charge in [0.25, 0.3) is 0 Å². The minimum atomic E-state index is 0.228. The van der Waals surface area contributed by atoms with Gasteiger partial charge in [-0.1, -0.05) is 6.08 Å². The van der Waals surface area contributed by atoms with Crippen LogP contribution in [0.4, 0.5) is 0 Å². The quantitative estimate of drug-likeness (QED) is 0.682. The summed E-state index contributed by atoms with van der Waals surface area (Å²) in [5, 5.41) is 12.5. The summed E-state index contributed by atoms with van der Waals surface area (Å²) >= 11 is 0. The molecule has 0 amide bonds. The van der Waals surface area contributed by atoms with Crippen LogP contribution in [0.15, 0.2) is 12.7 Å². The summed E-state index contributed by atoms with van der Waals surface area (Å²) in [7, 11) is 0. The van der Waals surface area contributed by atoms with Crippen molar-refractivity contribution in [3.8, 4) is 0 Å². The van der Waals surface area contributed by atoms with E-state index >= 15 is 0 Å². The summed E-state index contributed by atoms with van der Waals surface area (Å²) in [6.07, 6.45) is 3.94. The number of aliphatic hydroxyl groups is 1. The second-order valence-electron chi connectivity index (χ2n) is 4.92. The van der Waals surface area contributed by atoms with Gasteiger partial charge in [0.05, 0.1) is 0 Å². The Bertz CT molecular complexity index is 204. The molecule has 1 heterocycles. The van der Waals surface area contributed by atoms with E-state index in [-0.39, 0.29) is 12.1 Å². The molecule has 15 heavy (non-hydrogen) atoms. The maximum absolute atomic E-state index is 8.98. The van der Waals surface area contributed by atoms with Crippen LogP contribution in [0.2, 0.25) is 0 Å². The Morgan fingerprint density at radius 1 is 1.60 bits per heavy atom. The van der Waals surface area contributed by atoms with E-state index in [0.29, 0.717) is 6.04 Å². The predicted molar refractivity (Wildman–Crippen MR) is 64.0 cm³/mol. The zero-order chi connectivity index (χ0) is 11.3. The lowest BCUT2D eigenvalue weighted by atomic mass is 9.98. The van der Waals surface area contributed by atoms with Gasteiger partial charge in [-0.2, -0.15) is 0 Å². The van der Waals surface area contributed by atoms with E-state index in [1.165, 1.54) is 0 Å². The van der Waals surface area contributed by atoms with Crippen LogP contribution < -0.4 is 5.32 Å². The van der Waals surface area contributed by atoms with E-state index in [9.17, 15) is 0 Å². The van der Waals surface area contributed by atoms with Crippen LogP contribution in [-0.2, 0) is 0 Å². The number of nitrogens with one attached hydrogen (secondary N) is 1. The molecule has 0 aliphatic carbocycles. The molecule has 0 bridgehead atoms. The summed E-state index contributed by atoms with van der Waals surface area (Å²) in [5.41, 5.74) is 0.228. The fourth-order valence-corrected chi connectivity index (χ4v) is 2.14. The van der Waals surface area contributed by atoms with Crippen LogP contribution in [-0.4, -0.2) is 47.8 Å². The molecule has 88 valence electrons. The normalized spacial score (nSPS) is 27.3. The summed E-state index contributed by atoms with van der Waals surface area (Å²) in [4.78, 5) is 2.44. The fraction of sp³-hybridized carbons (Fsp3) is 0.833. The molecule has 1 saturated heterocycles. The first-order valence-electron chi connectivity index (χ1n) is 5.80. The lowest BCUT2D eigenvalue weighted by Gasteiger charge is -2.37. The largest absolute Gasteiger partial charge is 0.396 e. The third-order valence-electron chi connectivity index (χ3n) is 3.29. The Hall–Kier alpha value is -0.380. The average Bonchev–Trinajstić information content (AvgIpc) is 2.28. The maximum atomic E-state index is 8.98. The van der Waals surface area contributed by atoms with Gasteiger partial charge in [0, 0.05) is 31.3 Å². The summed E-state index contributed by atoms with van der Waals surface area (Å²) < 4.78 is 0. The van der Waals surface area contributed by atoms with Gasteiger partial charge in [-0.15, -0.1) is 6.58 Å². The number of rotatable bonds is 4. The second-order valence-corrected chi connectivity index (χ2v) is 4.92. The smallest absolute Gasteiger partial charge is 0.0446 e. The van der Waals surface area contributed by atoms with Crippen molar-refractivity contribution in [1.82, 2.24) is 10.2 Å². The molecule has 0 aromatic rings. The van der Waals surface area contributed by atoms with Crippen LogP contribution in [0.1, 0.15) is 26.7 Å². The van der Waals surface area contributed by atoms with E-state index in [0.717, 1.165) is 32.5 Å². The topological polar surface area (TPSA) is 35.5 Å². The zero-order valence-electron chi connectivity index (χ0n) is 10.00. The summed E-state index contributed by atoms with van der Waals surface area (Å²) in [6.45, 7) is 11.6. The first-order valence-corrected chi connectivity index (χ1v) is 5.80. The van der Waals surface area contributed by atoms with Gasteiger partial charge in [-0.05, 0) is 33.2 Å². The van der Waals surface area contributed by atoms with Crippen LogP contribution in [0, 0.1) is 0 Å². The molecule has 1 atom stereocenters. The standard InChI is InChI=1S/C12H24N2O/c1-4-8-14-10-11(5-9-15)13-7-6-12(14,2)3/h4,11,13,15H,1,5-10H2,2-3H3. The first kappa shape index (κ1) is 12.7. The minimum Gasteiger partial charge on any atom is -0.396 e. The van der Waals surface area contributed by atoms with Gasteiger partial charge in [-0.25, -0.2) is 0 Å². The summed E-state index contributed by atoms with van der Waals surface area (Å²) in [5.74, 6) is 0. The molecule has 0 spiro atoms. The maximum Gasteiger partial charge on any atom is 0.0446 e. The highest BCUT2D eigenvalue weighted by atomic mass is 16.3. The van der Waals surface area contributed by atoms with Crippen molar-refractivity contribution in [3.05, 3.63) is 12.7 Å². The number of nitrogens with zero attached hydrogens (tertiary/aromatic N) is 1. The van der Waals surface area contributed by atoms with Crippen LogP contribution in [0.25, 0.3) is 0 Å². The molecule has 3 heteroatoms. The lowest BCUT2D eigenvalue weighted by Crippen LogP contribution is -2.46. The molecule has 1 aliphatic rings. The van der Waals surface area contributed by atoms with Crippen LogP contribution in [0.5, 0.6) is 0 Å². The first-order chi connectivity index (χ1) is 7.10. The van der Waals surface area contributed by atoms with Crippen molar-refractivity contribution in [1.29, 1.82) is 0 Å². The predicted octanol–water partition coefficient (Wildman–Crippen LogP) is 0.997. The van der Waals surface area contributed by atoms with Gasteiger partial charge < -0.3 is 10.4 Å². The van der Waals surface area contributed by atoms with Crippen molar-refractivity contribution in [2.45, 2.75) is 38.3 Å². The van der Waals surface area contributed by atoms with Gasteiger partial charge >= 0.3 is 0 Å². The SMILES string of the molecule is C=CCN1CC(CCO)NCCC1(C)C. The highest BCUT2D eigenvalue weighted by Crippen LogP contribution is 2.21.